The quantitative estimate of drug-likeness (QED) is 0.775. The molecule has 3 N–H and O–H groups in total. The molecule has 0 aromatic heterocycles. The number of carbonyl (C=O) groups is 1. The molecule has 1 heterocycles. The van der Waals surface area contributed by atoms with Gasteiger partial charge in [-0.05, 0) is 44.4 Å². The number of hydrogen-bond donors (Lipinski definition) is 3. The average Bonchev–Trinajstić information content (AvgIpc) is 2.89. The third-order valence-electron chi connectivity index (χ3n) is 3.61. The second-order valence-electron chi connectivity index (χ2n) is 5.22. The Labute approximate surface area is 139 Å². The van der Waals surface area contributed by atoms with Crippen LogP contribution < -0.4 is 16.0 Å². The normalized spacial score (nSPS) is 16.6. The van der Waals surface area contributed by atoms with E-state index in [0.717, 1.165) is 25.2 Å². The largest absolute Gasteiger partial charge is 0.376 e. The van der Waals surface area contributed by atoms with Crippen LogP contribution in [-0.4, -0.2) is 31.6 Å². The number of benzene rings is 1. The van der Waals surface area contributed by atoms with Gasteiger partial charge in [-0.1, -0.05) is 18.2 Å². The van der Waals surface area contributed by atoms with E-state index in [1.165, 1.54) is 17.5 Å². The molecule has 4 nitrogen and oxygen atoms in total. The van der Waals surface area contributed by atoms with Gasteiger partial charge in [0.05, 0.1) is 6.54 Å². The van der Waals surface area contributed by atoms with Crippen molar-refractivity contribution in [1.82, 2.24) is 10.6 Å². The van der Waals surface area contributed by atoms with Gasteiger partial charge in [0.15, 0.2) is 0 Å². The Hall–Kier alpha value is -0.970. The summed E-state index contributed by atoms with van der Waals surface area (Å²) in [7, 11) is 0. The zero-order chi connectivity index (χ0) is 13.7. The van der Waals surface area contributed by atoms with Gasteiger partial charge in [-0.15, -0.1) is 24.8 Å². The SMILES string of the molecule is Cc1cccc(C)c1NCC(=O)NCC1CCCN1.Cl.Cl. The van der Waals surface area contributed by atoms with E-state index in [1.54, 1.807) is 0 Å². The lowest BCUT2D eigenvalue weighted by Crippen LogP contribution is -2.39. The molecule has 1 saturated heterocycles. The van der Waals surface area contributed by atoms with Crippen molar-refractivity contribution in [2.75, 3.05) is 25.0 Å². The van der Waals surface area contributed by atoms with Crippen molar-refractivity contribution in [2.24, 2.45) is 0 Å². The minimum atomic E-state index is 0. The fourth-order valence-electron chi connectivity index (χ4n) is 2.49. The first-order valence-electron chi connectivity index (χ1n) is 6.97. The summed E-state index contributed by atoms with van der Waals surface area (Å²) in [5.41, 5.74) is 3.41. The molecule has 120 valence electrons. The molecule has 0 aliphatic carbocycles. The molecule has 1 amide bonds. The number of para-hydroxylation sites is 1. The molecular formula is C15H25Cl2N3O. The van der Waals surface area contributed by atoms with Crippen LogP contribution in [0.2, 0.25) is 0 Å². The number of aryl methyl sites for hydroxylation is 2. The second kappa shape index (κ2) is 9.87. The Morgan fingerprint density at radius 3 is 2.52 bits per heavy atom. The highest BCUT2D eigenvalue weighted by atomic mass is 35.5. The topological polar surface area (TPSA) is 53.2 Å². The fourth-order valence-corrected chi connectivity index (χ4v) is 2.49. The maximum Gasteiger partial charge on any atom is 0.239 e. The summed E-state index contributed by atoms with van der Waals surface area (Å²) in [5, 5.41) is 9.56. The molecule has 6 heteroatoms. The first kappa shape index (κ1) is 20.0. The lowest BCUT2D eigenvalue weighted by atomic mass is 10.1. The van der Waals surface area contributed by atoms with Gasteiger partial charge in [-0.2, -0.15) is 0 Å². The van der Waals surface area contributed by atoms with Crippen molar-refractivity contribution >= 4 is 36.4 Å². The molecule has 0 saturated carbocycles. The van der Waals surface area contributed by atoms with E-state index >= 15 is 0 Å². The smallest absolute Gasteiger partial charge is 0.239 e. The van der Waals surface area contributed by atoms with E-state index in [-0.39, 0.29) is 30.7 Å². The molecule has 1 unspecified atom stereocenters. The molecule has 1 atom stereocenters. The molecule has 1 fully saturated rings. The van der Waals surface area contributed by atoms with E-state index in [2.05, 4.69) is 41.9 Å². The number of hydrogen-bond acceptors (Lipinski definition) is 3. The summed E-state index contributed by atoms with van der Waals surface area (Å²) in [6, 6.07) is 6.58. The summed E-state index contributed by atoms with van der Waals surface area (Å²) in [5.74, 6) is 0.0522. The van der Waals surface area contributed by atoms with Crippen LogP contribution in [0.15, 0.2) is 18.2 Å². The summed E-state index contributed by atoms with van der Waals surface area (Å²) in [6.45, 7) is 6.23. The zero-order valence-corrected chi connectivity index (χ0v) is 14.2. The van der Waals surface area contributed by atoms with Crippen molar-refractivity contribution in [3.63, 3.8) is 0 Å². The first-order chi connectivity index (χ1) is 9.16. The summed E-state index contributed by atoms with van der Waals surface area (Å²) in [6.07, 6.45) is 2.37. The van der Waals surface area contributed by atoms with Crippen LogP contribution in [0.5, 0.6) is 0 Å². The highest BCUT2D eigenvalue weighted by Gasteiger charge is 2.14. The molecule has 0 spiro atoms. The molecule has 1 aliphatic heterocycles. The molecule has 1 aromatic carbocycles. The Morgan fingerprint density at radius 1 is 1.29 bits per heavy atom. The summed E-state index contributed by atoms with van der Waals surface area (Å²) < 4.78 is 0. The van der Waals surface area contributed by atoms with Gasteiger partial charge in [0.2, 0.25) is 5.91 Å². The van der Waals surface area contributed by atoms with E-state index in [0.29, 0.717) is 12.6 Å². The van der Waals surface area contributed by atoms with Gasteiger partial charge < -0.3 is 16.0 Å². The molecular weight excluding hydrogens is 309 g/mol. The van der Waals surface area contributed by atoms with E-state index in [4.69, 9.17) is 0 Å². The first-order valence-corrected chi connectivity index (χ1v) is 6.97. The molecule has 2 rings (SSSR count). The lowest BCUT2D eigenvalue weighted by Gasteiger charge is -2.14. The van der Waals surface area contributed by atoms with Crippen molar-refractivity contribution in [2.45, 2.75) is 32.7 Å². The van der Waals surface area contributed by atoms with Crippen molar-refractivity contribution in [3.05, 3.63) is 29.3 Å². The highest BCUT2D eigenvalue weighted by molar-refractivity contribution is 5.85. The zero-order valence-electron chi connectivity index (χ0n) is 12.6. The highest BCUT2D eigenvalue weighted by Crippen LogP contribution is 2.18. The number of carbonyl (C=O) groups excluding carboxylic acids is 1. The number of anilines is 1. The van der Waals surface area contributed by atoms with Crippen LogP contribution in [-0.2, 0) is 4.79 Å². The maximum absolute atomic E-state index is 11.8. The number of rotatable bonds is 5. The number of nitrogens with one attached hydrogen (secondary N) is 3. The Morgan fingerprint density at radius 2 is 1.95 bits per heavy atom. The van der Waals surface area contributed by atoms with Gasteiger partial charge >= 0.3 is 0 Å². The average molecular weight is 334 g/mol. The third kappa shape index (κ3) is 6.12. The summed E-state index contributed by atoms with van der Waals surface area (Å²) >= 11 is 0. The fraction of sp³-hybridized carbons (Fsp3) is 0.533. The van der Waals surface area contributed by atoms with Crippen LogP contribution >= 0.6 is 24.8 Å². The van der Waals surface area contributed by atoms with E-state index in [1.807, 2.05) is 6.07 Å². The van der Waals surface area contributed by atoms with Gasteiger partial charge in [0.1, 0.15) is 0 Å². The van der Waals surface area contributed by atoms with Crippen LogP contribution in [0, 0.1) is 13.8 Å². The Kier molecular flexibility index (Phi) is 9.42. The minimum absolute atomic E-state index is 0. The maximum atomic E-state index is 11.8. The Bertz CT molecular complexity index is 428. The van der Waals surface area contributed by atoms with Gasteiger partial charge in [0, 0.05) is 18.3 Å². The van der Waals surface area contributed by atoms with Crippen LogP contribution in [0.1, 0.15) is 24.0 Å². The minimum Gasteiger partial charge on any atom is -0.376 e. The third-order valence-corrected chi connectivity index (χ3v) is 3.61. The van der Waals surface area contributed by atoms with Crippen molar-refractivity contribution in [1.29, 1.82) is 0 Å². The second-order valence-corrected chi connectivity index (χ2v) is 5.22. The van der Waals surface area contributed by atoms with Gasteiger partial charge in [0.25, 0.3) is 0 Å². The molecule has 21 heavy (non-hydrogen) atoms. The van der Waals surface area contributed by atoms with Gasteiger partial charge in [-0.25, -0.2) is 0 Å². The van der Waals surface area contributed by atoms with E-state index < -0.39 is 0 Å². The van der Waals surface area contributed by atoms with Crippen molar-refractivity contribution in [3.8, 4) is 0 Å². The number of amides is 1. The van der Waals surface area contributed by atoms with Crippen LogP contribution in [0.25, 0.3) is 0 Å². The van der Waals surface area contributed by atoms with Crippen molar-refractivity contribution < 1.29 is 4.79 Å². The molecule has 1 aromatic rings. The molecule has 0 radical (unpaired) electrons. The lowest BCUT2D eigenvalue weighted by molar-refractivity contribution is -0.119. The predicted molar refractivity (Wildman–Crippen MR) is 92.9 cm³/mol. The predicted octanol–water partition coefficient (Wildman–Crippen LogP) is 2.43. The molecule has 0 bridgehead atoms. The monoisotopic (exact) mass is 333 g/mol. The standard InChI is InChI=1S/C15H23N3O.2ClH/c1-11-5-3-6-12(2)15(11)18-10-14(19)17-9-13-7-4-8-16-13;;/h3,5-6,13,16,18H,4,7-10H2,1-2H3,(H,17,19);2*1H. The Balaban J connectivity index is 0.00000200. The van der Waals surface area contributed by atoms with E-state index in [9.17, 15) is 4.79 Å². The number of halogens is 2. The van der Waals surface area contributed by atoms with Crippen LogP contribution in [0.4, 0.5) is 5.69 Å². The summed E-state index contributed by atoms with van der Waals surface area (Å²) in [4.78, 5) is 11.8. The molecule has 1 aliphatic rings. The van der Waals surface area contributed by atoms with Crippen LogP contribution in [0.3, 0.4) is 0 Å². The van der Waals surface area contributed by atoms with Gasteiger partial charge in [-0.3, -0.25) is 4.79 Å².